The predicted molar refractivity (Wildman–Crippen MR) is 73.9 cm³/mol. The molecule has 18 heavy (non-hydrogen) atoms. The van der Waals surface area contributed by atoms with E-state index in [-0.39, 0.29) is 5.02 Å². The van der Waals surface area contributed by atoms with E-state index in [1.54, 1.807) is 24.5 Å². The van der Waals surface area contributed by atoms with Gasteiger partial charge in [0.1, 0.15) is 5.82 Å². The molecule has 0 amide bonds. The van der Waals surface area contributed by atoms with Crippen LogP contribution < -0.4 is 5.32 Å². The quantitative estimate of drug-likeness (QED) is 0.919. The summed E-state index contributed by atoms with van der Waals surface area (Å²) in [6.45, 7) is 1.33. The lowest BCUT2D eigenvalue weighted by Gasteiger charge is -2.06. The summed E-state index contributed by atoms with van der Waals surface area (Å²) >= 11 is 9.08. The second-order valence-corrected chi connectivity index (χ2v) is 5.19. The van der Waals surface area contributed by atoms with Gasteiger partial charge in [0.05, 0.1) is 5.02 Å². The number of nitrogens with zero attached hydrogens (tertiary/aromatic N) is 1. The first-order valence-corrected chi connectivity index (χ1v) is 6.56. The maximum atomic E-state index is 13.0. The summed E-state index contributed by atoms with van der Waals surface area (Å²) in [6, 6.07) is 6.72. The molecule has 1 heterocycles. The third-order valence-electron chi connectivity index (χ3n) is 2.40. The Hall–Kier alpha value is -0.970. The third-order valence-corrected chi connectivity index (χ3v) is 3.13. The van der Waals surface area contributed by atoms with E-state index in [1.165, 1.54) is 6.07 Å². The number of rotatable bonds is 4. The Labute approximate surface area is 118 Å². The molecule has 0 saturated carbocycles. The molecule has 0 radical (unpaired) electrons. The van der Waals surface area contributed by atoms with Crippen LogP contribution in [0.1, 0.15) is 11.1 Å². The van der Waals surface area contributed by atoms with Gasteiger partial charge in [-0.1, -0.05) is 17.7 Å². The number of benzene rings is 1. The number of halogens is 3. The zero-order valence-electron chi connectivity index (χ0n) is 9.46. The molecule has 0 fully saturated rings. The molecule has 2 nitrogen and oxygen atoms in total. The Morgan fingerprint density at radius 2 is 1.94 bits per heavy atom. The van der Waals surface area contributed by atoms with Crippen LogP contribution in [0.25, 0.3) is 0 Å². The summed E-state index contributed by atoms with van der Waals surface area (Å²) in [6.07, 6.45) is 3.54. The largest absolute Gasteiger partial charge is 0.309 e. The van der Waals surface area contributed by atoms with Crippen LogP contribution in [0.4, 0.5) is 4.39 Å². The van der Waals surface area contributed by atoms with Crippen molar-refractivity contribution in [2.45, 2.75) is 13.1 Å². The Balaban J connectivity index is 1.90. The molecule has 0 spiro atoms. The maximum absolute atomic E-state index is 13.0. The molecule has 1 N–H and O–H groups in total. The number of hydrogen-bond acceptors (Lipinski definition) is 2. The lowest BCUT2D eigenvalue weighted by atomic mass is 10.2. The molecule has 2 aromatic rings. The Kier molecular flexibility index (Phi) is 4.69. The van der Waals surface area contributed by atoms with E-state index in [2.05, 4.69) is 26.2 Å². The molecular weight excluding hydrogens is 319 g/mol. The number of nitrogens with one attached hydrogen (secondary N) is 1. The molecule has 5 heteroatoms. The Bertz CT molecular complexity index is 548. The first-order chi connectivity index (χ1) is 8.65. The van der Waals surface area contributed by atoms with E-state index >= 15 is 0 Å². The summed E-state index contributed by atoms with van der Waals surface area (Å²) in [5.41, 5.74) is 2.03. The fourth-order valence-electron chi connectivity index (χ4n) is 1.55. The van der Waals surface area contributed by atoms with Crippen LogP contribution in [-0.2, 0) is 13.1 Å². The van der Waals surface area contributed by atoms with E-state index in [0.717, 1.165) is 15.6 Å². The zero-order valence-corrected chi connectivity index (χ0v) is 11.8. The van der Waals surface area contributed by atoms with E-state index in [4.69, 9.17) is 11.6 Å². The van der Waals surface area contributed by atoms with Gasteiger partial charge in [-0.05, 0) is 45.3 Å². The van der Waals surface area contributed by atoms with E-state index in [0.29, 0.717) is 13.1 Å². The average Bonchev–Trinajstić information content (AvgIpc) is 2.34. The lowest BCUT2D eigenvalue weighted by Crippen LogP contribution is -2.12. The molecule has 1 aromatic carbocycles. The first-order valence-electron chi connectivity index (χ1n) is 5.39. The number of pyridine rings is 1. The van der Waals surface area contributed by atoms with E-state index in [9.17, 15) is 4.39 Å². The van der Waals surface area contributed by atoms with Crippen molar-refractivity contribution in [2.24, 2.45) is 0 Å². The van der Waals surface area contributed by atoms with Gasteiger partial charge in [0.2, 0.25) is 0 Å². The van der Waals surface area contributed by atoms with Crippen molar-refractivity contribution in [2.75, 3.05) is 0 Å². The second-order valence-electron chi connectivity index (χ2n) is 3.86. The van der Waals surface area contributed by atoms with Crippen LogP contribution in [-0.4, -0.2) is 4.98 Å². The van der Waals surface area contributed by atoms with Crippen LogP contribution in [0.3, 0.4) is 0 Å². The monoisotopic (exact) mass is 328 g/mol. The minimum absolute atomic E-state index is 0.151. The zero-order chi connectivity index (χ0) is 13.0. The SMILES string of the molecule is Fc1ccc(CNCc2cncc(Br)c2)cc1Cl. The van der Waals surface area contributed by atoms with Gasteiger partial charge in [-0.15, -0.1) is 0 Å². The highest BCUT2D eigenvalue weighted by Crippen LogP contribution is 2.16. The van der Waals surface area contributed by atoms with Gasteiger partial charge < -0.3 is 5.32 Å². The van der Waals surface area contributed by atoms with Crippen LogP contribution in [0, 0.1) is 5.82 Å². The summed E-state index contributed by atoms with van der Waals surface area (Å²) in [5, 5.41) is 3.40. The minimum atomic E-state index is -0.392. The van der Waals surface area contributed by atoms with Crippen molar-refractivity contribution in [3.63, 3.8) is 0 Å². The Morgan fingerprint density at radius 3 is 2.67 bits per heavy atom. The van der Waals surface area contributed by atoms with Crippen LogP contribution in [0.2, 0.25) is 5.02 Å². The van der Waals surface area contributed by atoms with Gasteiger partial charge in [-0.3, -0.25) is 4.98 Å². The average molecular weight is 330 g/mol. The third kappa shape index (κ3) is 3.77. The molecule has 0 saturated heterocycles. The summed E-state index contributed by atoms with van der Waals surface area (Å²) in [5.74, 6) is -0.392. The van der Waals surface area contributed by atoms with Crippen molar-refractivity contribution in [3.8, 4) is 0 Å². The summed E-state index contributed by atoms with van der Waals surface area (Å²) < 4.78 is 13.9. The molecule has 2 rings (SSSR count). The topological polar surface area (TPSA) is 24.9 Å². The van der Waals surface area contributed by atoms with Crippen molar-refractivity contribution >= 4 is 27.5 Å². The highest BCUT2D eigenvalue weighted by molar-refractivity contribution is 9.10. The van der Waals surface area contributed by atoms with Crippen molar-refractivity contribution in [1.29, 1.82) is 0 Å². The Morgan fingerprint density at radius 1 is 1.17 bits per heavy atom. The second kappa shape index (κ2) is 6.27. The summed E-state index contributed by atoms with van der Waals surface area (Å²) in [4.78, 5) is 4.08. The molecule has 0 bridgehead atoms. The predicted octanol–water partition coefficient (Wildman–Crippen LogP) is 3.93. The molecule has 0 unspecified atom stereocenters. The molecule has 0 atom stereocenters. The lowest BCUT2D eigenvalue weighted by molar-refractivity contribution is 0.625. The van der Waals surface area contributed by atoms with Gasteiger partial charge in [0.25, 0.3) is 0 Å². The van der Waals surface area contributed by atoms with E-state index in [1.807, 2.05) is 6.07 Å². The van der Waals surface area contributed by atoms with Gasteiger partial charge >= 0.3 is 0 Å². The standard InChI is InChI=1S/C13H11BrClFN2/c14-11-3-10(7-18-8-11)6-17-5-9-1-2-13(16)12(15)4-9/h1-4,7-8,17H,5-6H2. The van der Waals surface area contributed by atoms with Crippen molar-refractivity contribution in [1.82, 2.24) is 10.3 Å². The molecular formula is C13H11BrClFN2. The van der Waals surface area contributed by atoms with Gasteiger partial charge in [-0.2, -0.15) is 0 Å². The van der Waals surface area contributed by atoms with Crippen LogP contribution >= 0.6 is 27.5 Å². The number of aromatic nitrogens is 1. The number of hydrogen-bond donors (Lipinski definition) is 1. The van der Waals surface area contributed by atoms with Gasteiger partial charge in [0.15, 0.2) is 0 Å². The van der Waals surface area contributed by atoms with Crippen LogP contribution in [0.15, 0.2) is 41.1 Å². The van der Waals surface area contributed by atoms with Crippen LogP contribution in [0.5, 0.6) is 0 Å². The molecule has 0 aliphatic rings. The highest BCUT2D eigenvalue weighted by Gasteiger charge is 2.01. The van der Waals surface area contributed by atoms with Crippen molar-refractivity contribution < 1.29 is 4.39 Å². The highest BCUT2D eigenvalue weighted by atomic mass is 79.9. The van der Waals surface area contributed by atoms with E-state index < -0.39 is 5.82 Å². The molecule has 94 valence electrons. The molecule has 0 aliphatic carbocycles. The van der Waals surface area contributed by atoms with Crippen molar-refractivity contribution in [3.05, 3.63) is 63.1 Å². The minimum Gasteiger partial charge on any atom is -0.309 e. The summed E-state index contributed by atoms with van der Waals surface area (Å²) in [7, 11) is 0. The maximum Gasteiger partial charge on any atom is 0.141 e. The molecule has 0 aliphatic heterocycles. The van der Waals surface area contributed by atoms with Gasteiger partial charge in [0, 0.05) is 30.0 Å². The molecule has 1 aromatic heterocycles. The first kappa shape index (κ1) is 13.5. The fraction of sp³-hybridized carbons (Fsp3) is 0.154. The fourth-order valence-corrected chi connectivity index (χ4v) is 2.17. The smallest absolute Gasteiger partial charge is 0.141 e. The van der Waals surface area contributed by atoms with Gasteiger partial charge in [-0.25, -0.2) is 4.39 Å². The normalized spacial score (nSPS) is 10.6.